The van der Waals surface area contributed by atoms with Gasteiger partial charge in [0.05, 0.1) is 22.3 Å². The van der Waals surface area contributed by atoms with Gasteiger partial charge in [-0.15, -0.1) is 0 Å². The van der Waals surface area contributed by atoms with Gasteiger partial charge in [0.2, 0.25) is 0 Å². The third kappa shape index (κ3) is 3.02. The van der Waals surface area contributed by atoms with Crippen molar-refractivity contribution in [1.82, 2.24) is 20.4 Å². The molecule has 5 rings (SSSR count). The van der Waals surface area contributed by atoms with Gasteiger partial charge in [-0.1, -0.05) is 23.2 Å². The molecule has 2 amide bonds. The zero-order chi connectivity index (χ0) is 20.2. The second kappa shape index (κ2) is 6.49. The molecule has 3 aromatic rings. The minimum Gasteiger partial charge on any atom is -0.467 e. The fourth-order valence-electron chi connectivity index (χ4n) is 4.04. The number of nitrogens with zero attached hydrogens (tertiary/aromatic N) is 2. The Hall–Kier alpha value is -3.06. The first-order chi connectivity index (χ1) is 13.9. The van der Waals surface area contributed by atoms with Crippen molar-refractivity contribution in [3.8, 4) is 5.75 Å². The van der Waals surface area contributed by atoms with E-state index in [1.165, 1.54) is 0 Å². The van der Waals surface area contributed by atoms with Crippen molar-refractivity contribution < 1.29 is 14.3 Å². The van der Waals surface area contributed by atoms with E-state index in [9.17, 15) is 9.59 Å². The average molecular weight is 411 g/mol. The lowest BCUT2D eigenvalue weighted by Crippen LogP contribution is -2.61. The maximum absolute atomic E-state index is 13.0. The van der Waals surface area contributed by atoms with Gasteiger partial charge in [0.25, 0.3) is 11.8 Å². The van der Waals surface area contributed by atoms with Crippen molar-refractivity contribution in [3.05, 3.63) is 58.2 Å². The SMILES string of the molecule is Cc1ccc2c(c1)C(=O)NC1(CCN(C(=O)c3cc(Cl)c4[nH]ncc4c3)CC1)O2. The number of hydrogen-bond acceptors (Lipinski definition) is 4. The van der Waals surface area contributed by atoms with Crippen molar-refractivity contribution >= 4 is 34.3 Å². The highest BCUT2D eigenvalue weighted by atomic mass is 35.5. The molecular formula is C21H19ClN4O3. The molecule has 29 heavy (non-hydrogen) atoms. The van der Waals surface area contributed by atoms with Crippen molar-refractivity contribution in [2.24, 2.45) is 0 Å². The van der Waals surface area contributed by atoms with Crippen LogP contribution in [0.25, 0.3) is 10.9 Å². The fraction of sp³-hybridized carbons (Fsp3) is 0.286. The lowest BCUT2D eigenvalue weighted by atomic mass is 9.96. The molecule has 7 nitrogen and oxygen atoms in total. The molecule has 2 aromatic carbocycles. The Bertz CT molecular complexity index is 1150. The number of ether oxygens (including phenoxy) is 1. The molecule has 1 aromatic heterocycles. The number of amides is 2. The molecule has 0 radical (unpaired) electrons. The highest BCUT2D eigenvalue weighted by molar-refractivity contribution is 6.35. The number of nitrogens with one attached hydrogen (secondary N) is 2. The summed E-state index contributed by atoms with van der Waals surface area (Å²) < 4.78 is 6.18. The lowest BCUT2D eigenvalue weighted by molar-refractivity contribution is -0.0245. The molecule has 8 heteroatoms. The Morgan fingerprint density at radius 2 is 2.03 bits per heavy atom. The average Bonchev–Trinajstić information content (AvgIpc) is 3.18. The number of rotatable bonds is 1. The monoisotopic (exact) mass is 410 g/mol. The van der Waals surface area contributed by atoms with Gasteiger partial charge in [-0.05, 0) is 31.2 Å². The molecule has 3 heterocycles. The molecule has 0 unspecified atom stereocenters. The minimum atomic E-state index is -0.776. The van der Waals surface area contributed by atoms with Gasteiger partial charge >= 0.3 is 0 Å². The van der Waals surface area contributed by atoms with E-state index in [0.29, 0.717) is 53.3 Å². The highest BCUT2D eigenvalue weighted by Crippen LogP contribution is 2.34. The number of carbonyl (C=O) groups excluding carboxylic acids is 2. The van der Waals surface area contributed by atoms with Gasteiger partial charge in [-0.3, -0.25) is 14.7 Å². The van der Waals surface area contributed by atoms with Crippen LogP contribution in [-0.2, 0) is 0 Å². The van der Waals surface area contributed by atoms with Gasteiger partial charge in [0, 0.05) is 36.9 Å². The van der Waals surface area contributed by atoms with Crippen LogP contribution in [0.15, 0.2) is 36.5 Å². The Kier molecular flexibility index (Phi) is 4.03. The summed E-state index contributed by atoms with van der Waals surface area (Å²) in [6, 6.07) is 9.04. The summed E-state index contributed by atoms with van der Waals surface area (Å²) in [6.45, 7) is 2.89. The van der Waals surface area contributed by atoms with Crippen LogP contribution >= 0.6 is 11.6 Å². The van der Waals surface area contributed by atoms with Gasteiger partial charge in [-0.2, -0.15) is 5.10 Å². The number of fused-ring (bicyclic) bond motifs is 2. The van der Waals surface area contributed by atoms with E-state index >= 15 is 0 Å². The standard InChI is InChI=1S/C21H19ClN4O3/c1-12-2-3-17-15(8-12)19(27)24-21(29-17)4-6-26(7-5-21)20(28)13-9-14-11-23-25-18(14)16(22)10-13/h2-3,8-11H,4-7H2,1H3,(H,23,25)(H,24,27). The van der Waals surface area contributed by atoms with Gasteiger partial charge < -0.3 is 15.0 Å². The number of likely N-dealkylation sites (tertiary alicyclic amines) is 1. The second-order valence-electron chi connectivity index (χ2n) is 7.63. The molecule has 148 valence electrons. The van der Waals surface area contributed by atoms with Crippen LogP contribution in [0.2, 0.25) is 5.02 Å². The van der Waals surface area contributed by atoms with Gasteiger partial charge in [-0.25, -0.2) is 0 Å². The molecule has 1 spiro atoms. The minimum absolute atomic E-state index is 0.0944. The van der Waals surface area contributed by atoms with Gasteiger partial charge in [0.15, 0.2) is 5.72 Å². The van der Waals surface area contributed by atoms with E-state index in [0.717, 1.165) is 10.9 Å². The third-order valence-electron chi connectivity index (χ3n) is 5.63. The zero-order valence-electron chi connectivity index (χ0n) is 15.8. The normalized spacial score (nSPS) is 17.7. The maximum atomic E-state index is 13.0. The molecule has 0 bridgehead atoms. The van der Waals surface area contributed by atoms with Crippen LogP contribution in [0.5, 0.6) is 5.75 Å². The first kappa shape index (κ1) is 18.0. The number of hydrogen-bond donors (Lipinski definition) is 2. The summed E-state index contributed by atoms with van der Waals surface area (Å²) in [5.74, 6) is 0.367. The number of piperidine rings is 1. The largest absolute Gasteiger partial charge is 0.467 e. The summed E-state index contributed by atoms with van der Waals surface area (Å²) in [4.78, 5) is 27.4. The van der Waals surface area contributed by atoms with E-state index < -0.39 is 5.72 Å². The number of aromatic amines is 1. The summed E-state index contributed by atoms with van der Waals surface area (Å²) in [5, 5.41) is 11.1. The van der Waals surface area contributed by atoms with Crippen molar-refractivity contribution in [2.45, 2.75) is 25.5 Å². The number of aryl methyl sites for hydroxylation is 1. The summed E-state index contributed by atoms with van der Waals surface area (Å²) in [6.07, 6.45) is 2.67. The molecule has 0 saturated carbocycles. The first-order valence-electron chi connectivity index (χ1n) is 9.48. The molecule has 0 aliphatic carbocycles. The lowest BCUT2D eigenvalue weighted by Gasteiger charge is -2.44. The number of aromatic nitrogens is 2. The molecule has 1 saturated heterocycles. The van der Waals surface area contributed by atoms with Crippen molar-refractivity contribution in [3.63, 3.8) is 0 Å². The van der Waals surface area contributed by atoms with Gasteiger partial charge in [0.1, 0.15) is 5.75 Å². The number of halogens is 1. The van der Waals surface area contributed by atoms with E-state index in [1.807, 2.05) is 25.1 Å². The molecule has 0 atom stereocenters. The molecule has 1 fully saturated rings. The summed E-state index contributed by atoms with van der Waals surface area (Å²) in [7, 11) is 0. The van der Waals surface area contributed by atoms with Crippen LogP contribution < -0.4 is 10.1 Å². The Morgan fingerprint density at radius 1 is 1.24 bits per heavy atom. The number of H-pyrrole nitrogens is 1. The topological polar surface area (TPSA) is 87.3 Å². The van der Waals surface area contributed by atoms with Crippen LogP contribution in [-0.4, -0.2) is 45.7 Å². The predicted octanol–water partition coefficient (Wildman–Crippen LogP) is 3.28. The Morgan fingerprint density at radius 3 is 2.83 bits per heavy atom. The zero-order valence-corrected chi connectivity index (χ0v) is 16.5. The van der Waals surface area contributed by atoms with Crippen LogP contribution in [0.1, 0.15) is 39.1 Å². The van der Waals surface area contributed by atoms with Crippen molar-refractivity contribution in [2.75, 3.05) is 13.1 Å². The Balaban J connectivity index is 1.34. The predicted molar refractivity (Wildman–Crippen MR) is 108 cm³/mol. The molecular weight excluding hydrogens is 392 g/mol. The van der Waals surface area contributed by atoms with Crippen molar-refractivity contribution in [1.29, 1.82) is 0 Å². The fourth-order valence-corrected chi connectivity index (χ4v) is 4.31. The van der Waals surface area contributed by atoms with Crippen LogP contribution in [0.4, 0.5) is 0 Å². The smallest absolute Gasteiger partial charge is 0.258 e. The second-order valence-corrected chi connectivity index (χ2v) is 8.04. The molecule has 2 N–H and O–H groups in total. The van der Waals surface area contributed by atoms with Crippen LogP contribution in [0.3, 0.4) is 0 Å². The Labute approximate surface area is 172 Å². The quantitative estimate of drug-likeness (QED) is 0.644. The van der Waals surface area contributed by atoms with E-state index in [2.05, 4.69) is 15.5 Å². The van der Waals surface area contributed by atoms with E-state index in [-0.39, 0.29) is 11.8 Å². The highest BCUT2D eigenvalue weighted by Gasteiger charge is 2.43. The van der Waals surface area contributed by atoms with E-state index in [1.54, 1.807) is 23.2 Å². The number of benzene rings is 2. The first-order valence-corrected chi connectivity index (χ1v) is 9.86. The third-order valence-corrected chi connectivity index (χ3v) is 5.93. The maximum Gasteiger partial charge on any atom is 0.258 e. The molecule has 2 aliphatic rings. The van der Waals surface area contributed by atoms with E-state index in [4.69, 9.17) is 16.3 Å². The molecule has 2 aliphatic heterocycles. The summed E-state index contributed by atoms with van der Waals surface area (Å²) in [5.41, 5.74) is 2.02. The summed E-state index contributed by atoms with van der Waals surface area (Å²) >= 11 is 6.27. The van der Waals surface area contributed by atoms with Crippen LogP contribution in [0, 0.1) is 6.92 Å². The number of carbonyl (C=O) groups is 2.